The van der Waals surface area contributed by atoms with Crippen molar-refractivity contribution in [2.45, 2.75) is 13.0 Å². The van der Waals surface area contributed by atoms with Crippen LogP contribution in [0.25, 0.3) is 0 Å². The summed E-state index contributed by atoms with van der Waals surface area (Å²) < 4.78 is 49.4. The SMILES string of the molecule is CC(CS(C)=O)NC(=O)c1cc(F)c(F)c(F)c1. The van der Waals surface area contributed by atoms with E-state index in [1.165, 1.54) is 6.26 Å². The number of hydrogen-bond donors (Lipinski definition) is 1. The minimum Gasteiger partial charge on any atom is -0.349 e. The first-order valence-electron chi connectivity index (χ1n) is 5.06. The van der Waals surface area contributed by atoms with Gasteiger partial charge in [0.1, 0.15) is 0 Å². The van der Waals surface area contributed by atoms with Gasteiger partial charge in [-0.2, -0.15) is 0 Å². The summed E-state index contributed by atoms with van der Waals surface area (Å²) in [5.41, 5.74) is -0.319. The first-order valence-corrected chi connectivity index (χ1v) is 6.79. The molecule has 2 atom stereocenters. The van der Waals surface area contributed by atoms with Crippen LogP contribution in [-0.4, -0.2) is 28.2 Å². The lowest BCUT2D eigenvalue weighted by atomic mass is 10.2. The molecule has 7 heteroatoms. The molecule has 1 amide bonds. The van der Waals surface area contributed by atoms with Crippen LogP contribution in [0.2, 0.25) is 0 Å². The third-order valence-corrected chi connectivity index (χ3v) is 3.08. The highest BCUT2D eigenvalue weighted by Crippen LogP contribution is 2.13. The number of amides is 1. The second-order valence-corrected chi connectivity index (χ2v) is 5.35. The maximum absolute atomic E-state index is 12.9. The first kappa shape index (κ1) is 14.7. The third kappa shape index (κ3) is 3.83. The van der Waals surface area contributed by atoms with Gasteiger partial charge in [0.05, 0.1) is 0 Å². The Morgan fingerprint density at radius 2 is 1.83 bits per heavy atom. The van der Waals surface area contributed by atoms with Crippen molar-refractivity contribution < 1.29 is 22.2 Å². The predicted octanol–water partition coefficient (Wildman–Crippen LogP) is 1.60. The van der Waals surface area contributed by atoms with E-state index in [9.17, 15) is 22.2 Å². The van der Waals surface area contributed by atoms with Gasteiger partial charge >= 0.3 is 0 Å². The third-order valence-electron chi connectivity index (χ3n) is 2.11. The molecule has 0 spiro atoms. The number of hydrogen-bond acceptors (Lipinski definition) is 2. The summed E-state index contributed by atoms with van der Waals surface area (Å²) in [5, 5.41) is 2.41. The topological polar surface area (TPSA) is 46.2 Å². The van der Waals surface area contributed by atoms with Crippen LogP contribution < -0.4 is 5.32 Å². The second kappa shape index (κ2) is 5.99. The molecule has 3 nitrogen and oxygen atoms in total. The first-order chi connectivity index (χ1) is 8.31. The average molecular weight is 279 g/mol. The minimum absolute atomic E-state index is 0.220. The van der Waals surface area contributed by atoms with Crippen LogP contribution in [0.1, 0.15) is 17.3 Å². The summed E-state index contributed by atoms with van der Waals surface area (Å²) in [6.07, 6.45) is 1.47. The number of carbonyl (C=O) groups excluding carboxylic acids is 1. The molecule has 1 N–H and O–H groups in total. The summed E-state index contributed by atoms with van der Waals surface area (Å²) in [6, 6.07) is 0.812. The van der Waals surface area contributed by atoms with Crippen molar-refractivity contribution in [1.82, 2.24) is 5.32 Å². The van der Waals surface area contributed by atoms with E-state index in [-0.39, 0.29) is 11.3 Å². The maximum Gasteiger partial charge on any atom is 0.251 e. The van der Waals surface area contributed by atoms with Gasteiger partial charge in [-0.15, -0.1) is 0 Å². The van der Waals surface area contributed by atoms with Gasteiger partial charge < -0.3 is 5.32 Å². The zero-order chi connectivity index (χ0) is 13.9. The molecular weight excluding hydrogens is 267 g/mol. The fourth-order valence-corrected chi connectivity index (χ4v) is 2.17. The van der Waals surface area contributed by atoms with Gasteiger partial charge in [-0.05, 0) is 19.1 Å². The normalized spacial score (nSPS) is 14.1. The molecule has 1 aromatic carbocycles. The van der Waals surface area contributed by atoms with Crippen molar-refractivity contribution in [2.75, 3.05) is 12.0 Å². The van der Waals surface area contributed by atoms with E-state index in [1.807, 2.05) is 0 Å². The van der Waals surface area contributed by atoms with Crippen LogP contribution in [0.3, 0.4) is 0 Å². The predicted molar refractivity (Wildman–Crippen MR) is 62.2 cm³/mol. The van der Waals surface area contributed by atoms with Crippen LogP contribution in [0.4, 0.5) is 13.2 Å². The molecule has 0 saturated carbocycles. The van der Waals surface area contributed by atoms with Crippen LogP contribution in [0.5, 0.6) is 0 Å². The molecule has 2 unspecified atom stereocenters. The molecule has 0 heterocycles. The summed E-state index contributed by atoms with van der Waals surface area (Å²) in [5.74, 6) is -4.99. The largest absolute Gasteiger partial charge is 0.349 e. The van der Waals surface area contributed by atoms with Gasteiger partial charge in [0.2, 0.25) is 0 Å². The molecule has 0 fully saturated rings. The van der Waals surface area contributed by atoms with E-state index < -0.39 is 40.2 Å². The molecule has 1 rings (SSSR count). The van der Waals surface area contributed by atoms with Gasteiger partial charge in [-0.3, -0.25) is 9.00 Å². The number of halogens is 3. The Labute approximate surface area is 105 Å². The Hall–Kier alpha value is -1.37. The van der Waals surface area contributed by atoms with E-state index >= 15 is 0 Å². The Bertz CT molecular complexity index is 470. The second-order valence-electron chi connectivity index (χ2n) is 3.87. The lowest BCUT2D eigenvalue weighted by Crippen LogP contribution is -2.36. The molecule has 0 aliphatic heterocycles. The van der Waals surface area contributed by atoms with Crippen molar-refractivity contribution in [1.29, 1.82) is 0 Å². The van der Waals surface area contributed by atoms with E-state index in [0.29, 0.717) is 12.1 Å². The highest BCUT2D eigenvalue weighted by atomic mass is 32.2. The highest BCUT2D eigenvalue weighted by molar-refractivity contribution is 7.84. The van der Waals surface area contributed by atoms with Gasteiger partial charge in [0.15, 0.2) is 17.5 Å². The van der Waals surface area contributed by atoms with E-state index in [2.05, 4.69) is 5.32 Å². The summed E-state index contributed by atoms with van der Waals surface area (Å²) in [6.45, 7) is 1.61. The van der Waals surface area contributed by atoms with Crippen LogP contribution >= 0.6 is 0 Å². The Kier molecular flexibility index (Phi) is 4.89. The molecule has 0 aromatic heterocycles. The van der Waals surface area contributed by atoms with Crippen LogP contribution in [0, 0.1) is 17.5 Å². The molecule has 0 bridgehead atoms. The quantitative estimate of drug-likeness (QED) is 0.851. The zero-order valence-electron chi connectivity index (χ0n) is 9.80. The number of benzene rings is 1. The minimum atomic E-state index is -1.62. The Morgan fingerprint density at radius 3 is 2.28 bits per heavy atom. The van der Waals surface area contributed by atoms with Crippen molar-refractivity contribution >= 4 is 16.7 Å². The summed E-state index contributed by atoms with van der Waals surface area (Å²) >= 11 is 0. The molecule has 0 radical (unpaired) electrons. The summed E-state index contributed by atoms with van der Waals surface area (Å²) in [4.78, 5) is 11.6. The standard InChI is InChI=1S/C11H12F3NO2S/c1-6(5-18(2)17)15-11(16)7-3-8(12)10(14)9(13)4-7/h3-4,6H,5H2,1-2H3,(H,15,16). The lowest BCUT2D eigenvalue weighted by Gasteiger charge is -2.12. The monoisotopic (exact) mass is 279 g/mol. The number of nitrogens with one attached hydrogen (secondary N) is 1. The molecule has 18 heavy (non-hydrogen) atoms. The number of carbonyl (C=O) groups is 1. The summed E-state index contributed by atoms with van der Waals surface area (Å²) in [7, 11) is -1.10. The molecule has 100 valence electrons. The van der Waals surface area contributed by atoms with Crippen molar-refractivity contribution in [3.63, 3.8) is 0 Å². The van der Waals surface area contributed by atoms with Gasteiger partial charge in [0.25, 0.3) is 5.91 Å². The van der Waals surface area contributed by atoms with Crippen molar-refractivity contribution in [3.8, 4) is 0 Å². The zero-order valence-corrected chi connectivity index (χ0v) is 10.6. The van der Waals surface area contributed by atoms with Gasteiger partial charge in [-0.1, -0.05) is 0 Å². The maximum atomic E-state index is 12.9. The number of rotatable bonds is 4. The van der Waals surface area contributed by atoms with Crippen LogP contribution in [0.15, 0.2) is 12.1 Å². The molecule has 0 aliphatic rings. The Morgan fingerprint density at radius 1 is 1.33 bits per heavy atom. The Balaban J connectivity index is 2.82. The average Bonchev–Trinajstić information content (AvgIpc) is 2.23. The van der Waals surface area contributed by atoms with Crippen molar-refractivity contribution in [2.24, 2.45) is 0 Å². The van der Waals surface area contributed by atoms with E-state index in [4.69, 9.17) is 0 Å². The molecule has 1 aromatic rings. The van der Waals surface area contributed by atoms with Crippen molar-refractivity contribution in [3.05, 3.63) is 35.1 Å². The van der Waals surface area contributed by atoms with E-state index in [1.54, 1.807) is 6.92 Å². The van der Waals surface area contributed by atoms with Gasteiger partial charge in [0, 0.05) is 34.4 Å². The molecular formula is C11H12F3NO2S. The fourth-order valence-electron chi connectivity index (χ4n) is 1.39. The molecule has 0 aliphatic carbocycles. The lowest BCUT2D eigenvalue weighted by molar-refractivity contribution is 0.0942. The van der Waals surface area contributed by atoms with Gasteiger partial charge in [-0.25, -0.2) is 13.2 Å². The highest BCUT2D eigenvalue weighted by Gasteiger charge is 2.16. The van der Waals surface area contributed by atoms with E-state index in [0.717, 1.165) is 0 Å². The molecule has 0 saturated heterocycles. The fraction of sp³-hybridized carbons (Fsp3) is 0.364. The van der Waals surface area contributed by atoms with Crippen LogP contribution in [-0.2, 0) is 10.8 Å². The smallest absolute Gasteiger partial charge is 0.251 e.